The summed E-state index contributed by atoms with van der Waals surface area (Å²) in [4.78, 5) is 22.0. The molecule has 0 unspecified atom stereocenters. The third-order valence-electron chi connectivity index (χ3n) is 1.98. The molecule has 1 amide bonds. The van der Waals surface area contributed by atoms with Crippen LogP contribution in [0.15, 0.2) is 24.4 Å². The summed E-state index contributed by atoms with van der Waals surface area (Å²) < 4.78 is 4.34. The van der Waals surface area contributed by atoms with Gasteiger partial charge in [0.2, 0.25) is 0 Å². The van der Waals surface area contributed by atoms with E-state index >= 15 is 0 Å². The first-order valence-electron chi connectivity index (χ1n) is 3.98. The van der Waals surface area contributed by atoms with Crippen LogP contribution in [0, 0.1) is 0 Å². The van der Waals surface area contributed by atoms with Crippen LogP contribution in [0.2, 0.25) is 0 Å². The number of hydrogen-bond donors (Lipinski definition) is 2. The Balaban J connectivity index is 2.70. The van der Waals surface area contributed by atoms with E-state index in [1.54, 1.807) is 0 Å². The van der Waals surface area contributed by atoms with Crippen molar-refractivity contribution < 1.29 is 19.4 Å². The molecule has 0 saturated heterocycles. The van der Waals surface area contributed by atoms with Gasteiger partial charge in [0.05, 0.1) is 7.11 Å². The average molecular weight is 197 g/mol. The molecule has 2 N–H and O–H groups in total. The Bertz CT molecular complexity index is 321. The number of methoxy groups -OCH3 is 1. The van der Waals surface area contributed by atoms with Crippen LogP contribution in [-0.2, 0) is 9.53 Å². The van der Waals surface area contributed by atoms with Gasteiger partial charge in [0.25, 0.3) is 0 Å². The SMILES string of the molecule is C=C[C@]1(O)CC(NC(=O)OC)=CC1=O. The molecule has 0 spiro atoms. The molecule has 1 atom stereocenters. The van der Waals surface area contributed by atoms with E-state index in [1.165, 1.54) is 13.2 Å². The second-order valence-electron chi connectivity index (χ2n) is 2.96. The number of alkyl carbamates (subject to hydrolysis) is 1. The highest BCUT2D eigenvalue weighted by atomic mass is 16.5. The van der Waals surface area contributed by atoms with Crippen molar-refractivity contribution >= 4 is 11.9 Å². The van der Waals surface area contributed by atoms with Crippen LogP contribution in [-0.4, -0.2) is 29.7 Å². The molecular weight excluding hydrogens is 186 g/mol. The lowest BCUT2D eigenvalue weighted by atomic mass is 10.0. The van der Waals surface area contributed by atoms with Crippen molar-refractivity contribution in [2.75, 3.05) is 7.11 Å². The van der Waals surface area contributed by atoms with Gasteiger partial charge in [-0.15, -0.1) is 0 Å². The molecular formula is C9H11NO4. The van der Waals surface area contributed by atoms with E-state index in [2.05, 4.69) is 16.6 Å². The van der Waals surface area contributed by atoms with Crippen LogP contribution in [0.4, 0.5) is 4.79 Å². The van der Waals surface area contributed by atoms with Crippen LogP contribution in [0.1, 0.15) is 6.42 Å². The minimum Gasteiger partial charge on any atom is -0.453 e. The summed E-state index contributed by atoms with van der Waals surface area (Å²) in [6.45, 7) is 3.35. The van der Waals surface area contributed by atoms with E-state index in [9.17, 15) is 14.7 Å². The molecule has 0 aromatic heterocycles. The molecule has 0 aromatic rings. The molecule has 76 valence electrons. The van der Waals surface area contributed by atoms with E-state index in [-0.39, 0.29) is 6.42 Å². The van der Waals surface area contributed by atoms with Gasteiger partial charge in [-0.1, -0.05) is 12.7 Å². The molecule has 1 aliphatic carbocycles. The Morgan fingerprint density at radius 2 is 2.50 bits per heavy atom. The van der Waals surface area contributed by atoms with Crippen molar-refractivity contribution in [3.05, 3.63) is 24.4 Å². The minimum absolute atomic E-state index is 0.0183. The number of ketones is 1. The van der Waals surface area contributed by atoms with Gasteiger partial charge in [0, 0.05) is 18.2 Å². The quantitative estimate of drug-likeness (QED) is 0.616. The third kappa shape index (κ3) is 1.82. The number of ether oxygens (including phenoxy) is 1. The Hall–Kier alpha value is -1.62. The first-order chi connectivity index (χ1) is 6.51. The smallest absolute Gasteiger partial charge is 0.411 e. The second-order valence-corrected chi connectivity index (χ2v) is 2.96. The lowest BCUT2D eigenvalue weighted by Gasteiger charge is -2.15. The Morgan fingerprint density at radius 3 is 2.93 bits per heavy atom. The highest BCUT2D eigenvalue weighted by molar-refractivity contribution is 6.02. The van der Waals surface area contributed by atoms with Crippen molar-refractivity contribution in [1.82, 2.24) is 5.32 Å². The van der Waals surface area contributed by atoms with E-state index in [1.807, 2.05) is 0 Å². The molecule has 0 aliphatic heterocycles. The molecule has 0 heterocycles. The summed E-state index contributed by atoms with van der Waals surface area (Å²) in [5, 5.41) is 11.9. The van der Waals surface area contributed by atoms with Gasteiger partial charge in [-0.3, -0.25) is 10.1 Å². The molecule has 0 fully saturated rings. The third-order valence-corrected chi connectivity index (χ3v) is 1.98. The maximum absolute atomic E-state index is 11.2. The summed E-state index contributed by atoms with van der Waals surface area (Å²) in [5.74, 6) is -0.487. The molecule has 5 nitrogen and oxygen atoms in total. The molecule has 1 rings (SSSR count). The number of carbonyl (C=O) groups is 2. The Labute approximate surface area is 81.1 Å². The van der Waals surface area contributed by atoms with Crippen LogP contribution < -0.4 is 5.32 Å². The summed E-state index contributed by atoms with van der Waals surface area (Å²) in [5.41, 5.74) is -1.26. The van der Waals surface area contributed by atoms with Crippen molar-refractivity contribution in [3.63, 3.8) is 0 Å². The van der Waals surface area contributed by atoms with Crippen LogP contribution in [0.25, 0.3) is 0 Å². The highest BCUT2D eigenvalue weighted by Crippen LogP contribution is 2.25. The minimum atomic E-state index is -1.59. The summed E-state index contributed by atoms with van der Waals surface area (Å²) >= 11 is 0. The van der Waals surface area contributed by atoms with Crippen LogP contribution >= 0.6 is 0 Å². The first-order valence-corrected chi connectivity index (χ1v) is 3.98. The van der Waals surface area contributed by atoms with Crippen LogP contribution in [0.3, 0.4) is 0 Å². The van der Waals surface area contributed by atoms with Gasteiger partial charge in [0.15, 0.2) is 5.78 Å². The zero-order chi connectivity index (χ0) is 10.8. The molecule has 0 aromatic carbocycles. The maximum Gasteiger partial charge on any atom is 0.411 e. The molecule has 0 saturated carbocycles. The standard InChI is InChI=1S/C9H11NO4/c1-3-9(13)5-6(4-7(9)11)10-8(12)14-2/h3-4,13H,1,5H2,2H3,(H,10,12)/t9-/m0/s1. The average Bonchev–Trinajstić information content (AvgIpc) is 2.43. The summed E-state index contributed by atoms with van der Waals surface area (Å²) in [6, 6.07) is 0. The van der Waals surface area contributed by atoms with Gasteiger partial charge in [-0.2, -0.15) is 0 Å². The van der Waals surface area contributed by atoms with Crippen molar-refractivity contribution in [1.29, 1.82) is 0 Å². The van der Waals surface area contributed by atoms with Gasteiger partial charge in [0.1, 0.15) is 5.60 Å². The van der Waals surface area contributed by atoms with Crippen molar-refractivity contribution in [2.45, 2.75) is 12.0 Å². The summed E-state index contributed by atoms with van der Waals surface area (Å²) in [6.07, 6.45) is 1.67. The second kappa shape index (κ2) is 3.63. The Morgan fingerprint density at radius 1 is 1.86 bits per heavy atom. The maximum atomic E-state index is 11.2. The predicted molar refractivity (Wildman–Crippen MR) is 48.4 cm³/mol. The molecule has 5 heteroatoms. The van der Waals surface area contributed by atoms with Gasteiger partial charge < -0.3 is 9.84 Å². The topological polar surface area (TPSA) is 75.6 Å². The normalized spacial score (nSPS) is 25.6. The lowest BCUT2D eigenvalue weighted by Crippen LogP contribution is -2.32. The van der Waals surface area contributed by atoms with Crippen LogP contribution in [0.5, 0.6) is 0 Å². The van der Waals surface area contributed by atoms with Crippen molar-refractivity contribution in [3.8, 4) is 0 Å². The number of hydrogen-bond acceptors (Lipinski definition) is 4. The Kier molecular flexibility index (Phi) is 2.71. The largest absolute Gasteiger partial charge is 0.453 e. The number of amides is 1. The lowest BCUT2D eigenvalue weighted by molar-refractivity contribution is -0.126. The summed E-state index contributed by atoms with van der Waals surface area (Å²) in [7, 11) is 1.21. The number of rotatable bonds is 2. The van der Waals surface area contributed by atoms with Crippen molar-refractivity contribution in [2.24, 2.45) is 0 Å². The van der Waals surface area contributed by atoms with Gasteiger partial charge in [-0.05, 0) is 0 Å². The highest BCUT2D eigenvalue weighted by Gasteiger charge is 2.38. The zero-order valence-corrected chi connectivity index (χ0v) is 7.74. The first kappa shape index (κ1) is 10.5. The number of aliphatic hydroxyl groups is 1. The van der Waals surface area contributed by atoms with E-state index in [4.69, 9.17) is 0 Å². The van der Waals surface area contributed by atoms with Gasteiger partial charge in [-0.25, -0.2) is 4.79 Å². The van der Waals surface area contributed by atoms with E-state index in [0.29, 0.717) is 5.70 Å². The fraction of sp³-hybridized carbons (Fsp3) is 0.333. The van der Waals surface area contributed by atoms with Gasteiger partial charge >= 0.3 is 6.09 Å². The fourth-order valence-electron chi connectivity index (χ4n) is 1.15. The fourth-order valence-corrected chi connectivity index (χ4v) is 1.15. The molecule has 14 heavy (non-hydrogen) atoms. The molecule has 0 radical (unpaired) electrons. The number of carbonyl (C=O) groups excluding carboxylic acids is 2. The zero-order valence-electron chi connectivity index (χ0n) is 7.74. The number of nitrogens with one attached hydrogen (secondary N) is 1. The predicted octanol–water partition coefficient (Wildman–Crippen LogP) is 0.116. The monoisotopic (exact) mass is 197 g/mol. The van der Waals surface area contributed by atoms with E-state index in [0.717, 1.165) is 6.08 Å². The molecule has 1 aliphatic rings. The molecule has 0 bridgehead atoms. The van der Waals surface area contributed by atoms with E-state index < -0.39 is 17.5 Å².